The topological polar surface area (TPSA) is 90.0 Å². The first-order chi connectivity index (χ1) is 11.4. The van der Waals surface area contributed by atoms with E-state index >= 15 is 0 Å². The predicted octanol–water partition coefficient (Wildman–Crippen LogP) is 1.59. The average molecular weight is 346 g/mol. The van der Waals surface area contributed by atoms with Crippen LogP contribution in [0.25, 0.3) is 4.83 Å². The van der Waals surface area contributed by atoms with Gasteiger partial charge in [0.1, 0.15) is 15.5 Å². The molecule has 7 nitrogen and oxygen atoms in total. The number of carboxylic acid groups (broad SMARTS) is 1. The van der Waals surface area contributed by atoms with E-state index in [9.17, 15) is 14.4 Å². The van der Waals surface area contributed by atoms with Crippen LogP contribution in [-0.2, 0) is 6.54 Å². The molecule has 0 radical (unpaired) electrons. The number of nitrogens with zero attached hydrogens (tertiary/aromatic N) is 2. The Labute approximate surface area is 140 Å². The van der Waals surface area contributed by atoms with Gasteiger partial charge in [0, 0.05) is 11.8 Å². The van der Waals surface area contributed by atoms with Gasteiger partial charge in [-0.1, -0.05) is 12.1 Å². The fourth-order valence-corrected chi connectivity index (χ4v) is 3.34. The van der Waals surface area contributed by atoms with Crippen molar-refractivity contribution in [1.82, 2.24) is 8.97 Å². The number of rotatable bonds is 4. The number of hydrogen-bond acceptors (Lipinski definition) is 5. The van der Waals surface area contributed by atoms with Crippen LogP contribution in [0.15, 0.2) is 40.1 Å². The number of ether oxygens (including phenoxy) is 1. The third kappa shape index (κ3) is 2.61. The second kappa shape index (κ2) is 5.97. The van der Waals surface area contributed by atoms with E-state index in [2.05, 4.69) is 0 Å². The maximum atomic E-state index is 12.6. The van der Waals surface area contributed by atoms with Crippen molar-refractivity contribution in [1.29, 1.82) is 0 Å². The molecular formula is C16H14N2O5S. The molecule has 2 heterocycles. The molecular weight excluding hydrogens is 332 g/mol. The number of carboxylic acids is 1. The van der Waals surface area contributed by atoms with Gasteiger partial charge in [0.05, 0.1) is 13.7 Å². The van der Waals surface area contributed by atoms with Crippen LogP contribution >= 0.6 is 11.3 Å². The molecule has 1 N–H and O–H groups in total. The number of aromatic nitrogens is 2. The molecule has 24 heavy (non-hydrogen) atoms. The molecule has 3 rings (SSSR count). The summed E-state index contributed by atoms with van der Waals surface area (Å²) in [6.07, 6.45) is 1.25. The van der Waals surface area contributed by atoms with Gasteiger partial charge in [0.15, 0.2) is 0 Å². The molecule has 0 aliphatic rings. The summed E-state index contributed by atoms with van der Waals surface area (Å²) >= 11 is 0.914. The number of methoxy groups -OCH3 is 1. The molecule has 0 saturated carbocycles. The molecule has 0 amide bonds. The van der Waals surface area contributed by atoms with E-state index in [4.69, 9.17) is 9.84 Å². The summed E-state index contributed by atoms with van der Waals surface area (Å²) in [5, 5.41) is 9.09. The molecule has 3 aromatic rings. The number of fused-ring (bicyclic) bond motifs is 1. The molecule has 2 aromatic heterocycles. The largest absolute Gasteiger partial charge is 0.497 e. The zero-order valence-corrected chi connectivity index (χ0v) is 13.8. The number of thiazole rings is 1. The Morgan fingerprint density at radius 2 is 1.92 bits per heavy atom. The standard InChI is InChI=1S/C16H14N2O5S/c1-9-13(19)17(7-10-3-5-11(23-2)6-4-10)16(22)18-8-12(15(20)21)24-14(9)18/h3-6,8H,7H2,1-2H3,(H,20,21). The molecule has 0 atom stereocenters. The summed E-state index contributed by atoms with van der Waals surface area (Å²) in [6, 6.07) is 7.03. The third-order valence-electron chi connectivity index (χ3n) is 3.71. The summed E-state index contributed by atoms with van der Waals surface area (Å²) in [5.74, 6) is -0.449. The third-order valence-corrected chi connectivity index (χ3v) is 4.90. The van der Waals surface area contributed by atoms with Gasteiger partial charge in [-0.3, -0.25) is 13.8 Å². The highest BCUT2D eigenvalue weighted by atomic mass is 32.1. The maximum absolute atomic E-state index is 12.6. The molecule has 0 aliphatic heterocycles. The Morgan fingerprint density at radius 3 is 2.50 bits per heavy atom. The molecule has 0 spiro atoms. The lowest BCUT2D eigenvalue weighted by atomic mass is 10.2. The van der Waals surface area contributed by atoms with E-state index in [1.165, 1.54) is 10.6 Å². The van der Waals surface area contributed by atoms with Crippen LogP contribution in [-0.4, -0.2) is 27.2 Å². The second-order valence-corrected chi connectivity index (χ2v) is 6.25. The monoisotopic (exact) mass is 346 g/mol. The van der Waals surface area contributed by atoms with Gasteiger partial charge in [0.25, 0.3) is 5.56 Å². The van der Waals surface area contributed by atoms with E-state index in [1.807, 2.05) is 0 Å². The summed E-state index contributed by atoms with van der Waals surface area (Å²) in [7, 11) is 1.56. The molecule has 0 saturated heterocycles. The lowest BCUT2D eigenvalue weighted by Gasteiger charge is -2.08. The minimum Gasteiger partial charge on any atom is -0.497 e. The minimum absolute atomic E-state index is 0.0109. The first kappa shape index (κ1) is 16.0. The number of aromatic carboxylic acids is 1. The van der Waals surface area contributed by atoms with E-state index < -0.39 is 17.2 Å². The zero-order chi connectivity index (χ0) is 17.4. The van der Waals surface area contributed by atoms with Crippen molar-refractivity contribution in [2.75, 3.05) is 7.11 Å². The number of aryl methyl sites for hydroxylation is 1. The highest BCUT2D eigenvalue weighted by Gasteiger charge is 2.17. The van der Waals surface area contributed by atoms with E-state index in [0.717, 1.165) is 21.5 Å². The Bertz CT molecular complexity index is 1040. The van der Waals surface area contributed by atoms with Crippen LogP contribution in [0.5, 0.6) is 5.75 Å². The Hall–Kier alpha value is -2.87. The van der Waals surface area contributed by atoms with Gasteiger partial charge < -0.3 is 9.84 Å². The van der Waals surface area contributed by atoms with E-state index in [0.29, 0.717) is 16.1 Å². The van der Waals surface area contributed by atoms with E-state index in [-0.39, 0.29) is 11.4 Å². The Balaban J connectivity index is 2.15. The first-order valence-electron chi connectivity index (χ1n) is 7.04. The summed E-state index contributed by atoms with van der Waals surface area (Å²) < 4.78 is 7.40. The lowest BCUT2D eigenvalue weighted by molar-refractivity contribution is 0.0701. The van der Waals surface area contributed by atoms with Crippen molar-refractivity contribution in [3.63, 3.8) is 0 Å². The van der Waals surface area contributed by atoms with Gasteiger partial charge in [-0.25, -0.2) is 9.59 Å². The van der Waals surface area contributed by atoms with Gasteiger partial charge in [-0.2, -0.15) is 0 Å². The van der Waals surface area contributed by atoms with Gasteiger partial charge in [-0.05, 0) is 24.6 Å². The predicted molar refractivity (Wildman–Crippen MR) is 89.6 cm³/mol. The Kier molecular flexibility index (Phi) is 3.98. The minimum atomic E-state index is -1.13. The molecule has 0 fully saturated rings. The van der Waals surface area contributed by atoms with Crippen molar-refractivity contribution >= 4 is 22.1 Å². The molecule has 0 bridgehead atoms. The van der Waals surface area contributed by atoms with Gasteiger partial charge in [-0.15, -0.1) is 11.3 Å². The van der Waals surface area contributed by atoms with Crippen molar-refractivity contribution in [3.05, 3.63) is 67.3 Å². The quantitative estimate of drug-likeness (QED) is 0.775. The van der Waals surface area contributed by atoms with Crippen molar-refractivity contribution in [2.24, 2.45) is 0 Å². The molecule has 8 heteroatoms. The molecule has 124 valence electrons. The molecule has 0 unspecified atom stereocenters. The highest BCUT2D eigenvalue weighted by Crippen LogP contribution is 2.18. The van der Waals surface area contributed by atoms with Crippen molar-refractivity contribution in [3.8, 4) is 5.75 Å². The van der Waals surface area contributed by atoms with Crippen LogP contribution in [0, 0.1) is 6.92 Å². The fraction of sp³-hybridized carbons (Fsp3) is 0.188. The van der Waals surface area contributed by atoms with Crippen LogP contribution in [0.4, 0.5) is 0 Å². The van der Waals surface area contributed by atoms with Gasteiger partial charge in [0.2, 0.25) is 0 Å². The van der Waals surface area contributed by atoms with E-state index in [1.54, 1.807) is 38.3 Å². The second-order valence-electron chi connectivity index (χ2n) is 5.22. The van der Waals surface area contributed by atoms with Crippen molar-refractivity contribution < 1.29 is 14.6 Å². The fourth-order valence-electron chi connectivity index (χ4n) is 2.42. The van der Waals surface area contributed by atoms with Crippen LogP contribution in [0.1, 0.15) is 20.8 Å². The first-order valence-corrected chi connectivity index (χ1v) is 7.86. The molecule has 0 aliphatic carbocycles. The molecule has 1 aromatic carbocycles. The number of hydrogen-bond donors (Lipinski definition) is 1. The SMILES string of the molecule is COc1ccc(Cn2c(=O)c(C)c3sc(C(=O)O)cn3c2=O)cc1. The smallest absolute Gasteiger partial charge is 0.347 e. The normalized spacial score (nSPS) is 10.9. The lowest BCUT2D eigenvalue weighted by Crippen LogP contribution is -2.38. The highest BCUT2D eigenvalue weighted by molar-refractivity contribution is 7.19. The van der Waals surface area contributed by atoms with Crippen LogP contribution < -0.4 is 16.0 Å². The van der Waals surface area contributed by atoms with Crippen molar-refractivity contribution in [2.45, 2.75) is 13.5 Å². The van der Waals surface area contributed by atoms with Crippen LogP contribution in [0.3, 0.4) is 0 Å². The maximum Gasteiger partial charge on any atom is 0.347 e. The Morgan fingerprint density at radius 1 is 1.25 bits per heavy atom. The number of benzene rings is 1. The zero-order valence-electron chi connectivity index (χ0n) is 13.0. The van der Waals surface area contributed by atoms with Gasteiger partial charge >= 0.3 is 11.7 Å². The number of carbonyl (C=O) groups is 1. The average Bonchev–Trinajstić information content (AvgIpc) is 3.03. The van der Waals surface area contributed by atoms with Crippen LogP contribution in [0.2, 0.25) is 0 Å². The summed E-state index contributed by atoms with van der Waals surface area (Å²) in [4.78, 5) is 36.6. The summed E-state index contributed by atoms with van der Waals surface area (Å²) in [5.41, 5.74) is 0.137. The summed E-state index contributed by atoms with van der Waals surface area (Å²) in [6.45, 7) is 1.69.